The molecule has 0 fully saturated rings. The highest BCUT2D eigenvalue weighted by atomic mass is 16.5. The molecule has 1 aliphatic carbocycles. The van der Waals surface area contributed by atoms with Crippen LogP contribution in [-0.2, 0) is 22.4 Å². The third-order valence-electron chi connectivity index (χ3n) is 3.44. The first-order valence-corrected chi connectivity index (χ1v) is 6.74. The molecule has 1 aromatic carbocycles. The van der Waals surface area contributed by atoms with Gasteiger partial charge in [-0.25, -0.2) is 4.68 Å². The fourth-order valence-corrected chi connectivity index (χ4v) is 2.58. The second-order valence-corrected chi connectivity index (χ2v) is 4.86. The van der Waals surface area contributed by atoms with Crippen LogP contribution in [0.25, 0.3) is 5.69 Å². The fourth-order valence-electron chi connectivity index (χ4n) is 2.58. The molecular formula is C15H17N3O2. The number of para-hydroxylation sites is 1. The van der Waals surface area contributed by atoms with E-state index in [0.717, 1.165) is 42.0 Å². The van der Waals surface area contributed by atoms with E-state index in [2.05, 4.69) is 10.4 Å². The van der Waals surface area contributed by atoms with Gasteiger partial charge in [0, 0.05) is 12.7 Å². The number of rotatable bonds is 4. The monoisotopic (exact) mass is 271 g/mol. The van der Waals surface area contributed by atoms with E-state index in [-0.39, 0.29) is 12.5 Å². The predicted molar refractivity (Wildman–Crippen MR) is 76.1 cm³/mol. The normalized spacial score (nSPS) is 13.2. The van der Waals surface area contributed by atoms with Crippen LogP contribution in [0.1, 0.15) is 17.7 Å². The third kappa shape index (κ3) is 2.32. The van der Waals surface area contributed by atoms with Crippen LogP contribution in [-0.4, -0.2) is 29.4 Å². The van der Waals surface area contributed by atoms with Crippen LogP contribution in [0, 0.1) is 0 Å². The average molecular weight is 271 g/mol. The van der Waals surface area contributed by atoms with Crippen molar-refractivity contribution in [2.24, 2.45) is 0 Å². The molecule has 2 aromatic rings. The quantitative estimate of drug-likeness (QED) is 0.924. The number of hydrogen-bond donors (Lipinski definition) is 1. The van der Waals surface area contributed by atoms with Crippen molar-refractivity contribution in [3.05, 3.63) is 41.6 Å². The zero-order valence-electron chi connectivity index (χ0n) is 11.4. The van der Waals surface area contributed by atoms with Crippen molar-refractivity contribution in [2.75, 3.05) is 19.0 Å². The maximum absolute atomic E-state index is 11.8. The van der Waals surface area contributed by atoms with Crippen LogP contribution in [0.4, 0.5) is 5.82 Å². The maximum Gasteiger partial charge on any atom is 0.251 e. The van der Waals surface area contributed by atoms with Gasteiger partial charge in [0.25, 0.3) is 5.91 Å². The summed E-state index contributed by atoms with van der Waals surface area (Å²) in [6.45, 7) is 0.0503. The summed E-state index contributed by atoms with van der Waals surface area (Å²) in [5, 5.41) is 7.56. The molecule has 1 aromatic heterocycles. The van der Waals surface area contributed by atoms with Crippen LogP contribution in [0.2, 0.25) is 0 Å². The second kappa shape index (κ2) is 5.46. The number of ether oxygens (including phenoxy) is 1. The molecule has 5 heteroatoms. The van der Waals surface area contributed by atoms with Gasteiger partial charge in [-0.15, -0.1) is 0 Å². The number of carbonyl (C=O) groups excluding carboxylic acids is 1. The summed E-state index contributed by atoms with van der Waals surface area (Å²) in [7, 11) is 1.51. The molecule has 0 unspecified atom stereocenters. The summed E-state index contributed by atoms with van der Waals surface area (Å²) in [6, 6.07) is 9.85. The van der Waals surface area contributed by atoms with Crippen molar-refractivity contribution in [2.45, 2.75) is 19.3 Å². The Kier molecular flexibility index (Phi) is 3.52. The van der Waals surface area contributed by atoms with E-state index in [1.54, 1.807) is 0 Å². The summed E-state index contributed by atoms with van der Waals surface area (Å²) < 4.78 is 6.69. The molecule has 104 valence electrons. The molecule has 1 heterocycles. The highest BCUT2D eigenvalue weighted by Gasteiger charge is 2.23. The predicted octanol–water partition coefficient (Wildman–Crippen LogP) is 1.95. The Morgan fingerprint density at radius 2 is 2.15 bits per heavy atom. The fraction of sp³-hybridized carbons (Fsp3) is 0.333. The van der Waals surface area contributed by atoms with Gasteiger partial charge in [0.15, 0.2) is 0 Å². The highest BCUT2D eigenvalue weighted by molar-refractivity contribution is 5.92. The summed E-state index contributed by atoms with van der Waals surface area (Å²) in [4.78, 5) is 11.8. The molecule has 20 heavy (non-hydrogen) atoms. The molecule has 0 saturated heterocycles. The molecule has 1 N–H and O–H groups in total. The van der Waals surface area contributed by atoms with E-state index in [1.807, 2.05) is 35.0 Å². The van der Waals surface area contributed by atoms with E-state index in [0.29, 0.717) is 0 Å². The van der Waals surface area contributed by atoms with E-state index < -0.39 is 0 Å². The Bertz CT molecular complexity index is 620. The van der Waals surface area contributed by atoms with Crippen LogP contribution in [0.5, 0.6) is 0 Å². The topological polar surface area (TPSA) is 56.1 Å². The van der Waals surface area contributed by atoms with Crippen molar-refractivity contribution in [1.29, 1.82) is 0 Å². The summed E-state index contributed by atoms with van der Waals surface area (Å²) in [5.41, 5.74) is 3.19. The van der Waals surface area contributed by atoms with Gasteiger partial charge in [-0.05, 0) is 31.4 Å². The number of aryl methyl sites for hydroxylation is 1. The first-order valence-electron chi connectivity index (χ1n) is 6.74. The Morgan fingerprint density at radius 1 is 1.35 bits per heavy atom. The molecule has 0 radical (unpaired) electrons. The van der Waals surface area contributed by atoms with Crippen molar-refractivity contribution < 1.29 is 9.53 Å². The molecule has 0 atom stereocenters. The summed E-state index contributed by atoms with van der Waals surface area (Å²) in [5.74, 6) is 0.630. The zero-order chi connectivity index (χ0) is 13.9. The van der Waals surface area contributed by atoms with Gasteiger partial charge in [0.2, 0.25) is 0 Å². The van der Waals surface area contributed by atoms with Gasteiger partial charge in [-0.2, -0.15) is 5.10 Å². The SMILES string of the molecule is COCC(=O)Nc1c2c(nn1-c1ccccc1)CCC2. The Hall–Kier alpha value is -2.14. The van der Waals surface area contributed by atoms with Crippen LogP contribution in [0.15, 0.2) is 30.3 Å². The largest absolute Gasteiger partial charge is 0.375 e. The lowest BCUT2D eigenvalue weighted by atomic mass is 10.2. The number of nitrogens with one attached hydrogen (secondary N) is 1. The summed E-state index contributed by atoms with van der Waals surface area (Å²) in [6.07, 6.45) is 3.04. The van der Waals surface area contributed by atoms with Crippen molar-refractivity contribution >= 4 is 11.7 Å². The zero-order valence-corrected chi connectivity index (χ0v) is 11.4. The lowest BCUT2D eigenvalue weighted by Gasteiger charge is -2.10. The molecule has 0 spiro atoms. The highest BCUT2D eigenvalue weighted by Crippen LogP contribution is 2.30. The van der Waals surface area contributed by atoms with E-state index in [4.69, 9.17) is 4.74 Å². The van der Waals surface area contributed by atoms with E-state index in [1.165, 1.54) is 7.11 Å². The average Bonchev–Trinajstić information content (AvgIpc) is 3.03. The number of carbonyl (C=O) groups is 1. The van der Waals surface area contributed by atoms with Gasteiger partial charge in [0.1, 0.15) is 12.4 Å². The number of amides is 1. The first-order chi connectivity index (χ1) is 9.79. The molecule has 1 amide bonds. The second-order valence-electron chi connectivity index (χ2n) is 4.86. The molecule has 5 nitrogen and oxygen atoms in total. The van der Waals surface area contributed by atoms with E-state index >= 15 is 0 Å². The number of fused-ring (bicyclic) bond motifs is 1. The molecule has 0 saturated carbocycles. The molecular weight excluding hydrogens is 254 g/mol. The minimum Gasteiger partial charge on any atom is -0.375 e. The van der Waals surface area contributed by atoms with Gasteiger partial charge in [-0.3, -0.25) is 4.79 Å². The van der Waals surface area contributed by atoms with Crippen molar-refractivity contribution in [3.63, 3.8) is 0 Å². The van der Waals surface area contributed by atoms with Crippen LogP contribution >= 0.6 is 0 Å². The number of methoxy groups -OCH3 is 1. The summed E-state index contributed by atoms with van der Waals surface area (Å²) >= 11 is 0. The van der Waals surface area contributed by atoms with Crippen molar-refractivity contribution in [1.82, 2.24) is 9.78 Å². The first kappa shape index (κ1) is 12.9. The lowest BCUT2D eigenvalue weighted by Crippen LogP contribution is -2.20. The van der Waals surface area contributed by atoms with E-state index in [9.17, 15) is 4.79 Å². The number of benzene rings is 1. The molecule has 0 aliphatic heterocycles. The van der Waals surface area contributed by atoms with Gasteiger partial charge in [-0.1, -0.05) is 18.2 Å². The molecule has 0 bridgehead atoms. The maximum atomic E-state index is 11.8. The van der Waals surface area contributed by atoms with Gasteiger partial charge >= 0.3 is 0 Å². The minimum atomic E-state index is -0.153. The lowest BCUT2D eigenvalue weighted by molar-refractivity contribution is -0.119. The van der Waals surface area contributed by atoms with Gasteiger partial charge in [0.05, 0.1) is 11.4 Å². The smallest absolute Gasteiger partial charge is 0.251 e. The minimum absolute atomic E-state index is 0.0503. The van der Waals surface area contributed by atoms with Crippen molar-refractivity contribution in [3.8, 4) is 5.69 Å². The number of nitrogens with zero attached hydrogens (tertiary/aromatic N) is 2. The Labute approximate surface area is 117 Å². The standard InChI is InChI=1S/C15H17N3O2/c1-20-10-14(19)16-15-12-8-5-9-13(12)17-18(15)11-6-3-2-4-7-11/h2-4,6-7H,5,8-10H2,1H3,(H,16,19). The number of aromatic nitrogens is 2. The van der Waals surface area contributed by atoms with Crippen LogP contribution in [0.3, 0.4) is 0 Å². The Morgan fingerprint density at radius 3 is 2.90 bits per heavy atom. The van der Waals surface area contributed by atoms with Crippen LogP contribution < -0.4 is 5.32 Å². The third-order valence-corrected chi connectivity index (χ3v) is 3.44. The Balaban J connectivity index is 2.00. The molecule has 1 aliphatic rings. The van der Waals surface area contributed by atoms with Gasteiger partial charge < -0.3 is 10.1 Å². The number of anilines is 1. The number of hydrogen-bond acceptors (Lipinski definition) is 3. The molecule has 3 rings (SSSR count).